The van der Waals surface area contributed by atoms with Crippen molar-refractivity contribution in [2.45, 2.75) is 39.7 Å². The summed E-state index contributed by atoms with van der Waals surface area (Å²) in [7, 11) is 1.77. The molecule has 0 aliphatic rings. The minimum Gasteiger partial charge on any atom is -0.383 e. The monoisotopic (exact) mass is 173 g/mol. The van der Waals surface area contributed by atoms with Crippen LogP contribution in [0.25, 0.3) is 0 Å². The summed E-state index contributed by atoms with van der Waals surface area (Å²) >= 11 is 0. The van der Waals surface area contributed by atoms with Crippen molar-refractivity contribution >= 4 is 0 Å². The van der Waals surface area contributed by atoms with Gasteiger partial charge in [-0.1, -0.05) is 33.6 Å². The summed E-state index contributed by atoms with van der Waals surface area (Å²) in [5.74, 6) is 0.755. The first-order chi connectivity index (χ1) is 5.79. The zero-order valence-electron chi connectivity index (χ0n) is 8.89. The first kappa shape index (κ1) is 11.9. The Balaban J connectivity index is 3.86. The molecule has 0 aliphatic carbocycles. The highest BCUT2D eigenvalue weighted by Gasteiger charge is 2.16. The molecule has 0 saturated carbocycles. The minimum absolute atomic E-state index is 0.537. The Morgan fingerprint density at radius 3 is 2.08 bits per heavy atom. The van der Waals surface area contributed by atoms with E-state index in [1.54, 1.807) is 7.11 Å². The molecule has 0 aromatic heterocycles. The van der Waals surface area contributed by atoms with E-state index >= 15 is 0 Å². The van der Waals surface area contributed by atoms with E-state index in [0.717, 1.165) is 19.1 Å². The molecule has 0 radical (unpaired) electrons. The van der Waals surface area contributed by atoms with Crippen LogP contribution in [0.15, 0.2) is 0 Å². The Morgan fingerprint density at radius 2 is 1.75 bits per heavy atom. The number of methoxy groups -OCH3 is 1. The summed E-state index contributed by atoms with van der Waals surface area (Å²) in [6.07, 6.45) is 2.47. The van der Waals surface area contributed by atoms with Crippen LogP contribution in [-0.2, 0) is 4.74 Å². The first-order valence-corrected chi connectivity index (χ1v) is 5.02. The smallest absolute Gasteiger partial charge is 0.0618 e. The molecule has 1 unspecified atom stereocenters. The molecule has 2 nitrogen and oxygen atoms in total. The zero-order valence-corrected chi connectivity index (χ0v) is 8.89. The summed E-state index contributed by atoms with van der Waals surface area (Å²) in [5, 5.41) is 3.46. The van der Waals surface area contributed by atoms with Crippen LogP contribution in [0, 0.1) is 5.92 Å². The predicted octanol–water partition coefficient (Wildman–Crippen LogP) is 2.05. The fourth-order valence-electron chi connectivity index (χ4n) is 1.66. The lowest BCUT2D eigenvalue weighted by atomic mass is 9.95. The quantitative estimate of drug-likeness (QED) is 0.636. The van der Waals surface area contributed by atoms with Gasteiger partial charge in [0.05, 0.1) is 6.61 Å². The molecule has 2 heteroatoms. The molecule has 0 spiro atoms. The molecule has 0 amide bonds. The van der Waals surface area contributed by atoms with Crippen molar-refractivity contribution in [2.24, 2.45) is 5.92 Å². The van der Waals surface area contributed by atoms with E-state index in [9.17, 15) is 0 Å². The van der Waals surface area contributed by atoms with E-state index in [1.807, 2.05) is 0 Å². The molecule has 0 bridgehead atoms. The van der Waals surface area contributed by atoms with Gasteiger partial charge in [0, 0.05) is 13.2 Å². The van der Waals surface area contributed by atoms with Crippen molar-refractivity contribution < 1.29 is 4.74 Å². The Labute approximate surface area is 76.7 Å². The third-order valence-electron chi connectivity index (χ3n) is 2.43. The van der Waals surface area contributed by atoms with Crippen molar-refractivity contribution in [1.29, 1.82) is 0 Å². The Hall–Kier alpha value is -0.0800. The topological polar surface area (TPSA) is 21.3 Å². The van der Waals surface area contributed by atoms with Crippen LogP contribution in [0.2, 0.25) is 0 Å². The maximum atomic E-state index is 5.18. The normalized spacial score (nSPS) is 13.8. The van der Waals surface area contributed by atoms with E-state index < -0.39 is 0 Å². The second kappa shape index (κ2) is 7.56. The standard InChI is InChI=1S/C10H23NO/c1-5-9(6-2)10(8-12-4)11-7-3/h9-11H,5-8H2,1-4H3. The van der Waals surface area contributed by atoms with Crippen LogP contribution in [0.4, 0.5) is 0 Å². The fraction of sp³-hybridized carbons (Fsp3) is 1.00. The first-order valence-electron chi connectivity index (χ1n) is 5.02. The van der Waals surface area contributed by atoms with E-state index in [0.29, 0.717) is 6.04 Å². The molecule has 0 rings (SSSR count). The van der Waals surface area contributed by atoms with Crippen molar-refractivity contribution in [1.82, 2.24) is 5.32 Å². The Morgan fingerprint density at radius 1 is 1.17 bits per heavy atom. The van der Waals surface area contributed by atoms with Crippen molar-refractivity contribution in [3.8, 4) is 0 Å². The van der Waals surface area contributed by atoms with Crippen LogP contribution >= 0.6 is 0 Å². The molecule has 12 heavy (non-hydrogen) atoms. The van der Waals surface area contributed by atoms with Gasteiger partial charge in [-0.25, -0.2) is 0 Å². The zero-order chi connectivity index (χ0) is 9.40. The maximum Gasteiger partial charge on any atom is 0.0618 e. The molecule has 0 saturated heterocycles. The van der Waals surface area contributed by atoms with Gasteiger partial charge < -0.3 is 10.1 Å². The van der Waals surface area contributed by atoms with Gasteiger partial charge in [0.2, 0.25) is 0 Å². The van der Waals surface area contributed by atoms with Crippen LogP contribution in [0.5, 0.6) is 0 Å². The summed E-state index contributed by atoms with van der Waals surface area (Å²) in [6, 6.07) is 0.537. The average molecular weight is 173 g/mol. The van der Waals surface area contributed by atoms with Crippen LogP contribution < -0.4 is 5.32 Å². The predicted molar refractivity (Wildman–Crippen MR) is 53.4 cm³/mol. The molecule has 0 aromatic rings. The number of nitrogens with one attached hydrogen (secondary N) is 1. The second-order valence-corrected chi connectivity index (χ2v) is 3.20. The number of hydrogen-bond donors (Lipinski definition) is 1. The van der Waals surface area contributed by atoms with Crippen molar-refractivity contribution in [3.63, 3.8) is 0 Å². The molecule has 74 valence electrons. The molecule has 0 fully saturated rings. The SMILES string of the molecule is CCNC(COC)C(CC)CC. The average Bonchev–Trinajstić information content (AvgIpc) is 2.07. The van der Waals surface area contributed by atoms with Gasteiger partial charge in [-0.15, -0.1) is 0 Å². The summed E-state index contributed by atoms with van der Waals surface area (Å²) in [5.41, 5.74) is 0. The number of likely N-dealkylation sites (N-methyl/N-ethyl adjacent to an activating group) is 1. The molecule has 0 aromatic carbocycles. The van der Waals surface area contributed by atoms with Gasteiger partial charge in [0.15, 0.2) is 0 Å². The van der Waals surface area contributed by atoms with E-state index in [2.05, 4.69) is 26.1 Å². The largest absolute Gasteiger partial charge is 0.383 e. The van der Waals surface area contributed by atoms with E-state index in [-0.39, 0.29) is 0 Å². The lowest BCUT2D eigenvalue weighted by Crippen LogP contribution is -2.39. The number of ether oxygens (including phenoxy) is 1. The third-order valence-corrected chi connectivity index (χ3v) is 2.43. The van der Waals surface area contributed by atoms with Gasteiger partial charge in [-0.2, -0.15) is 0 Å². The van der Waals surface area contributed by atoms with Crippen LogP contribution in [-0.4, -0.2) is 26.3 Å². The van der Waals surface area contributed by atoms with Gasteiger partial charge in [-0.3, -0.25) is 0 Å². The van der Waals surface area contributed by atoms with E-state index in [4.69, 9.17) is 4.74 Å². The van der Waals surface area contributed by atoms with Gasteiger partial charge in [-0.05, 0) is 12.5 Å². The third kappa shape index (κ3) is 4.07. The number of hydrogen-bond acceptors (Lipinski definition) is 2. The molecule has 1 atom stereocenters. The molecule has 0 heterocycles. The lowest BCUT2D eigenvalue weighted by Gasteiger charge is -2.25. The lowest BCUT2D eigenvalue weighted by molar-refractivity contribution is 0.137. The Kier molecular flexibility index (Phi) is 7.51. The van der Waals surface area contributed by atoms with Crippen LogP contribution in [0.3, 0.4) is 0 Å². The summed E-state index contributed by atoms with van der Waals surface area (Å²) in [6.45, 7) is 8.50. The van der Waals surface area contributed by atoms with Gasteiger partial charge in [0.25, 0.3) is 0 Å². The van der Waals surface area contributed by atoms with E-state index in [1.165, 1.54) is 12.8 Å². The highest BCUT2D eigenvalue weighted by Crippen LogP contribution is 2.13. The highest BCUT2D eigenvalue weighted by atomic mass is 16.5. The fourth-order valence-corrected chi connectivity index (χ4v) is 1.66. The van der Waals surface area contributed by atoms with Gasteiger partial charge >= 0.3 is 0 Å². The van der Waals surface area contributed by atoms with Crippen molar-refractivity contribution in [2.75, 3.05) is 20.3 Å². The highest BCUT2D eigenvalue weighted by molar-refractivity contribution is 4.73. The molecule has 0 aliphatic heterocycles. The molecular weight excluding hydrogens is 150 g/mol. The maximum absolute atomic E-state index is 5.18. The van der Waals surface area contributed by atoms with Crippen LogP contribution in [0.1, 0.15) is 33.6 Å². The van der Waals surface area contributed by atoms with Gasteiger partial charge in [0.1, 0.15) is 0 Å². The summed E-state index contributed by atoms with van der Waals surface area (Å²) in [4.78, 5) is 0. The molecular formula is C10H23NO. The Bertz CT molecular complexity index is 85.8. The number of rotatable bonds is 7. The summed E-state index contributed by atoms with van der Waals surface area (Å²) < 4.78 is 5.18. The van der Waals surface area contributed by atoms with Crippen molar-refractivity contribution in [3.05, 3.63) is 0 Å². The second-order valence-electron chi connectivity index (χ2n) is 3.20. The minimum atomic E-state index is 0.537. The molecule has 1 N–H and O–H groups in total.